The lowest BCUT2D eigenvalue weighted by atomic mass is 9.95. The van der Waals surface area contributed by atoms with Gasteiger partial charge in [-0.2, -0.15) is 5.10 Å². The van der Waals surface area contributed by atoms with E-state index >= 15 is 0 Å². The second-order valence-corrected chi connectivity index (χ2v) is 7.91. The zero-order chi connectivity index (χ0) is 22.1. The minimum atomic E-state index is -3.53. The molecule has 2 rings (SSSR count). The van der Waals surface area contributed by atoms with Crippen LogP contribution in [0.1, 0.15) is 12.5 Å². The summed E-state index contributed by atoms with van der Waals surface area (Å²) in [6.45, 7) is 4.20. The van der Waals surface area contributed by atoms with Gasteiger partial charge in [-0.15, -0.1) is 0 Å². The molecule has 0 saturated carbocycles. The van der Waals surface area contributed by atoms with Crippen molar-refractivity contribution in [2.75, 3.05) is 26.0 Å². The third-order valence-corrected chi connectivity index (χ3v) is 5.40. The highest BCUT2D eigenvalue weighted by Crippen LogP contribution is 2.36. The quantitative estimate of drug-likeness (QED) is 0.281. The predicted molar refractivity (Wildman–Crippen MR) is 108 cm³/mol. The van der Waals surface area contributed by atoms with Crippen molar-refractivity contribution in [1.82, 2.24) is 9.91 Å². The van der Waals surface area contributed by atoms with Gasteiger partial charge in [0.2, 0.25) is 11.8 Å². The van der Waals surface area contributed by atoms with Gasteiger partial charge >= 0.3 is 0 Å². The Balaban J connectivity index is 2.37. The number of alkyl halides is 2. The number of benzene rings is 1. The van der Waals surface area contributed by atoms with Gasteiger partial charge in [0.05, 0.1) is 11.3 Å². The summed E-state index contributed by atoms with van der Waals surface area (Å²) in [7, 11) is 3.02. The van der Waals surface area contributed by atoms with Crippen LogP contribution in [0.4, 0.5) is 18.9 Å². The van der Waals surface area contributed by atoms with Crippen molar-refractivity contribution >= 4 is 49.7 Å². The molecular weight excluding hydrogens is 477 g/mol. The lowest BCUT2D eigenvalue weighted by molar-refractivity contribution is -0.135. The molecule has 1 fully saturated rings. The van der Waals surface area contributed by atoms with E-state index < -0.39 is 46.6 Å². The summed E-state index contributed by atoms with van der Waals surface area (Å²) in [5.41, 5.74) is -1.35. The summed E-state index contributed by atoms with van der Waals surface area (Å²) < 4.78 is 41.9. The molecule has 1 aromatic carbocycles. The Kier molecular flexibility index (Phi) is 7.00. The van der Waals surface area contributed by atoms with Crippen LogP contribution < -0.4 is 5.32 Å². The number of hydrogen-bond donors (Lipinski definition) is 1. The molecule has 1 saturated heterocycles. The number of hydrogen-bond acceptors (Lipinski definition) is 4. The van der Waals surface area contributed by atoms with E-state index in [0.717, 1.165) is 12.1 Å². The zero-order valence-corrected chi connectivity index (χ0v) is 18.2. The van der Waals surface area contributed by atoms with Crippen LogP contribution in [-0.4, -0.2) is 47.0 Å². The Hall–Kier alpha value is -2.07. The van der Waals surface area contributed by atoms with Crippen molar-refractivity contribution in [2.24, 2.45) is 16.9 Å². The van der Waals surface area contributed by atoms with E-state index in [1.165, 1.54) is 30.1 Å². The molecule has 0 unspecified atom stereocenters. The van der Waals surface area contributed by atoms with Gasteiger partial charge in [-0.05, 0) is 28.1 Å². The molecule has 11 heteroatoms. The molecule has 6 nitrogen and oxygen atoms in total. The molecule has 2 atom stereocenters. The number of halogens is 5. The van der Waals surface area contributed by atoms with Crippen molar-refractivity contribution in [3.05, 3.63) is 41.3 Å². The van der Waals surface area contributed by atoms with Crippen LogP contribution >= 0.6 is 27.5 Å². The summed E-state index contributed by atoms with van der Waals surface area (Å²) in [6, 6.07) is 3.22. The van der Waals surface area contributed by atoms with Crippen LogP contribution in [0.5, 0.6) is 0 Å². The standard InChI is InChI=1S/C18H19BrClF3N4O2/c1-9(20)27(4)25-15(19)10-8-26(3)17(29)13(10)16(28)24-12-7-5-6-11(21)14(12)18(2,22)23/h5-7,10,13H,1,8H2,2-4H3,(H,24,28)/b25-15-/t10-,13-/m0/s1. The molecular formula is C18H19BrClF3N4O2. The first-order chi connectivity index (χ1) is 13.3. The number of anilines is 1. The Morgan fingerprint density at radius 1 is 1.48 bits per heavy atom. The van der Waals surface area contributed by atoms with Gasteiger partial charge in [-0.3, -0.25) is 14.6 Å². The van der Waals surface area contributed by atoms with E-state index in [4.69, 9.17) is 11.6 Å². The molecule has 1 aliphatic rings. The predicted octanol–water partition coefficient (Wildman–Crippen LogP) is 3.93. The fourth-order valence-electron chi connectivity index (χ4n) is 2.96. The lowest BCUT2D eigenvalue weighted by Gasteiger charge is -2.20. The molecule has 1 N–H and O–H groups in total. The normalized spacial score (nSPS) is 20.1. The van der Waals surface area contributed by atoms with Crippen molar-refractivity contribution in [1.29, 1.82) is 0 Å². The van der Waals surface area contributed by atoms with Crippen molar-refractivity contribution in [3.8, 4) is 0 Å². The summed E-state index contributed by atoms with van der Waals surface area (Å²) in [5.74, 6) is -8.02. The van der Waals surface area contributed by atoms with Gasteiger partial charge in [0, 0.05) is 33.5 Å². The highest BCUT2D eigenvalue weighted by atomic mass is 79.9. The van der Waals surface area contributed by atoms with Gasteiger partial charge < -0.3 is 10.2 Å². The topological polar surface area (TPSA) is 65.0 Å². The average molecular weight is 496 g/mol. The minimum Gasteiger partial charge on any atom is -0.344 e. The Bertz CT molecular complexity index is 875. The number of nitrogens with one attached hydrogen (secondary N) is 1. The van der Waals surface area contributed by atoms with E-state index in [9.17, 15) is 22.8 Å². The first-order valence-corrected chi connectivity index (χ1v) is 9.56. The molecule has 0 aliphatic carbocycles. The van der Waals surface area contributed by atoms with Gasteiger partial charge in [0.25, 0.3) is 5.92 Å². The number of hydrazone groups is 1. The number of likely N-dealkylation sites (tertiary alicyclic amines) is 1. The highest BCUT2D eigenvalue weighted by molar-refractivity contribution is 9.18. The third kappa shape index (κ3) is 5.11. The van der Waals surface area contributed by atoms with Gasteiger partial charge in [-0.25, -0.2) is 13.2 Å². The van der Waals surface area contributed by atoms with Crippen LogP contribution in [-0.2, 0) is 15.5 Å². The first-order valence-electron chi connectivity index (χ1n) is 8.39. The molecule has 0 bridgehead atoms. The molecule has 0 aromatic heterocycles. The van der Waals surface area contributed by atoms with Crippen LogP contribution in [0, 0.1) is 17.7 Å². The van der Waals surface area contributed by atoms with Crippen LogP contribution in [0.3, 0.4) is 0 Å². The fraction of sp³-hybridized carbons (Fsp3) is 0.389. The maximum Gasteiger partial charge on any atom is 0.275 e. The van der Waals surface area contributed by atoms with E-state index in [1.54, 1.807) is 0 Å². The van der Waals surface area contributed by atoms with Crippen molar-refractivity contribution in [2.45, 2.75) is 12.8 Å². The molecule has 158 valence electrons. The SMILES string of the molecule is C=C(Cl)N(C)/N=C(\Br)[C@H]1CN(C)C(=O)[C@@H]1C(=O)Nc1cccc(F)c1C(C)(F)F. The summed E-state index contributed by atoms with van der Waals surface area (Å²) >= 11 is 9.01. The van der Waals surface area contributed by atoms with E-state index in [1.807, 2.05) is 0 Å². The lowest BCUT2D eigenvalue weighted by Crippen LogP contribution is -2.35. The zero-order valence-electron chi connectivity index (χ0n) is 15.8. The molecule has 1 aliphatic heterocycles. The van der Waals surface area contributed by atoms with Crippen LogP contribution in [0.25, 0.3) is 0 Å². The molecule has 1 aromatic rings. The molecule has 0 spiro atoms. The van der Waals surface area contributed by atoms with E-state index in [2.05, 4.69) is 32.9 Å². The van der Waals surface area contributed by atoms with Gasteiger partial charge in [0.15, 0.2) is 0 Å². The summed E-state index contributed by atoms with van der Waals surface area (Å²) in [6.07, 6.45) is 0. The summed E-state index contributed by atoms with van der Waals surface area (Å²) in [5, 5.41) is 7.75. The number of carbonyl (C=O) groups is 2. The minimum absolute atomic E-state index is 0.107. The Morgan fingerprint density at radius 3 is 2.66 bits per heavy atom. The number of rotatable bonds is 6. The number of carbonyl (C=O) groups excluding carboxylic acids is 2. The fourth-order valence-corrected chi connectivity index (χ4v) is 3.65. The van der Waals surface area contributed by atoms with Crippen LogP contribution in [0.15, 0.2) is 35.0 Å². The van der Waals surface area contributed by atoms with E-state index in [-0.39, 0.29) is 16.3 Å². The third-order valence-electron chi connectivity index (χ3n) is 4.41. The van der Waals surface area contributed by atoms with Crippen molar-refractivity contribution in [3.63, 3.8) is 0 Å². The molecule has 2 amide bonds. The molecule has 29 heavy (non-hydrogen) atoms. The maximum absolute atomic E-state index is 14.0. The number of amides is 2. The van der Waals surface area contributed by atoms with Gasteiger partial charge in [0.1, 0.15) is 21.5 Å². The average Bonchev–Trinajstić information content (AvgIpc) is 2.88. The Labute approximate surface area is 179 Å². The van der Waals surface area contributed by atoms with Gasteiger partial charge in [-0.1, -0.05) is 24.2 Å². The summed E-state index contributed by atoms with van der Waals surface area (Å²) in [4.78, 5) is 26.7. The largest absolute Gasteiger partial charge is 0.344 e. The maximum atomic E-state index is 14.0. The smallest absolute Gasteiger partial charge is 0.275 e. The molecule has 0 radical (unpaired) electrons. The monoisotopic (exact) mass is 494 g/mol. The van der Waals surface area contributed by atoms with E-state index in [0.29, 0.717) is 6.92 Å². The second kappa shape index (κ2) is 8.74. The van der Waals surface area contributed by atoms with Crippen molar-refractivity contribution < 1.29 is 22.8 Å². The highest BCUT2D eigenvalue weighted by Gasteiger charge is 2.46. The second-order valence-electron chi connectivity index (χ2n) is 6.67. The van der Waals surface area contributed by atoms with Crippen LogP contribution in [0.2, 0.25) is 0 Å². The Morgan fingerprint density at radius 2 is 2.10 bits per heavy atom. The number of nitrogens with zero attached hydrogens (tertiary/aromatic N) is 3. The molecule has 1 heterocycles. The first kappa shape index (κ1) is 23.2.